The molecular weight excluding hydrogens is 486 g/mol. The van der Waals surface area contributed by atoms with Gasteiger partial charge in [0.05, 0.1) is 12.6 Å². The van der Waals surface area contributed by atoms with Gasteiger partial charge in [-0.1, -0.05) is 54.1 Å². The highest BCUT2D eigenvalue weighted by molar-refractivity contribution is 6.29. The summed E-state index contributed by atoms with van der Waals surface area (Å²) in [6, 6.07) is 24.1. The van der Waals surface area contributed by atoms with Crippen LogP contribution in [0.1, 0.15) is 34.6 Å². The van der Waals surface area contributed by atoms with Gasteiger partial charge < -0.3 is 15.1 Å². The molecule has 7 nitrogen and oxygen atoms in total. The van der Waals surface area contributed by atoms with Crippen molar-refractivity contribution < 1.29 is 9.59 Å². The van der Waals surface area contributed by atoms with Gasteiger partial charge in [-0.3, -0.25) is 9.59 Å². The lowest BCUT2D eigenvalue weighted by Crippen LogP contribution is -2.37. The Morgan fingerprint density at radius 3 is 2.49 bits per heavy atom. The summed E-state index contributed by atoms with van der Waals surface area (Å²) in [5, 5.41) is 5.27. The van der Waals surface area contributed by atoms with Crippen LogP contribution < -0.4 is 10.2 Å². The Bertz CT molecular complexity index is 1430. The van der Waals surface area contributed by atoms with Crippen molar-refractivity contribution in [2.75, 3.05) is 36.9 Å². The van der Waals surface area contributed by atoms with Gasteiger partial charge in [0.25, 0.3) is 5.91 Å². The number of nitrogens with one attached hydrogen (secondary N) is 1. The number of halogens is 1. The van der Waals surface area contributed by atoms with Gasteiger partial charge in [0.2, 0.25) is 5.91 Å². The first-order valence-electron chi connectivity index (χ1n) is 12.3. The molecule has 1 aromatic heterocycles. The van der Waals surface area contributed by atoms with Crippen LogP contribution in [-0.2, 0) is 11.2 Å². The van der Waals surface area contributed by atoms with E-state index in [0.717, 1.165) is 42.3 Å². The number of fused-ring (bicyclic) bond motifs is 1. The molecule has 0 spiro atoms. The van der Waals surface area contributed by atoms with Gasteiger partial charge in [0.15, 0.2) is 0 Å². The van der Waals surface area contributed by atoms with Gasteiger partial charge in [-0.2, -0.15) is 0 Å². The Kier molecular flexibility index (Phi) is 7.32. The lowest BCUT2D eigenvalue weighted by Gasteiger charge is -2.22. The second kappa shape index (κ2) is 11.0. The van der Waals surface area contributed by atoms with Crippen LogP contribution in [0.25, 0.3) is 10.8 Å². The lowest BCUT2D eigenvalue weighted by atomic mass is 10.1. The van der Waals surface area contributed by atoms with E-state index in [1.54, 1.807) is 11.9 Å². The SMILES string of the molecule is CN(CC(=O)N1CCCC1)c1[c]c(Cl)nc(Cc2ccc(NC(=O)c3ccc4ccccc4c3)cc2)n1. The van der Waals surface area contributed by atoms with Crippen LogP contribution in [0.2, 0.25) is 5.15 Å². The van der Waals surface area contributed by atoms with Gasteiger partial charge in [0, 0.05) is 37.8 Å². The molecule has 1 N–H and O–H groups in total. The summed E-state index contributed by atoms with van der Waals surface area (Å²) in [6.45, 7) is 1.84. The minimum Gasteiger partial charge on any atom is -0.350 e. The zero-order chi connectivity index (χ0) is 25.8. The predicted molar refractivity (Wildman–Crippen MR) is 146 cm³/mol. The molecular formula is C29H27ClN5O2. The smallest absolute Gasteiger partial charge is 0.255 e. The molecule has 1 aliphatic heterocycles. The second-order valence-electron chi connectivity index (χ2n) is 9.21. The van der Waals surface area contributed by atoms with Crippen molar-refractivity contribution in [3.05, 3.63) is 94.9 Å². The number of carbonyl (C=O) groups is 2. The second-order valence-corrected chi connectivity index (χ2v) is 9.57. The summed E-state index contributed by atoms with van der Waals surface area (Å²) in [6.07, 6.45) is 2.56. The molecule has 1 fully saturated rings. The number of hydrogen-bond acceptors (Lipinski definition) is 5. The van der Waals surface area contributed by atoms with Crippen LogP contribution >= 0.6 is 11.6 Å². The standard InChI is InChI=1S/C29H27ClN5O2/c1-34(19-28(36)35-14-4-5-15-35)27-18-25(30)32-26(33-27)16-20-8-12-24(13-9-20)31-29(37)23-11-10-21-6-2-3-7-22(21)17-23/h2-3,6-13,17H,4-5,14-16,19H2,1H3,(H,31,37). The molecule has 0 aliphatic carbocycles. The number of carbonyl (C=O) groups excluding carboxylic acids is 2. The summed E-state index contributed by atoms with van der Waals surface area (Å²) < 4.78 is 0. The molecule has 5 rings (SSSR count). The van der Waals surface area contributed by atoms with Gasteiger partial charge in [0.1, 0.15) is 16.8 Å². The average Bonchev–Trinajstić information content (AvgIpc) is 3.44. The molecule has 3 aromatic carbocycles. The quantitative estimate of drug-likeness (QED) is 0.353. The van der Waals surface area contributed by atoms with Crippen molar-refractivity contribution >= 4 is 45.7 Å². The first-order valence-corrected chi connectivity index (χ1v) is 12.7. The topological polar surface area (TPSA) is 78.4 Å². The Balaban J connectivity index is 1.23. The van der Waals surface area contributed by atoms with Crippen molar-refractivity contribution in [2.24, 2.45) is 0 Å². The normalized spacial score (nSPS) is 13.1. The number of benzene rings is 3. The number of anilines is 2. The van der Waals surface area contributed by atoms with E-state index in [4.69, 9.17) is 11.6 Å². The van der Waals surface area contributed by atoms with Crippen molar-refractivity contribution in [1.29, 1.82) is 0 Å². The maximum absolute atomic E-state index is 12.8. The van der Waals surface area contributed by atoms with E-state index in [-0.39, 0.29) is 23.5 Å². The minimum absolute atomic E-state index is 0.0750. The lowest BCUT2D eigenvalue weighted by molar-refractivity contribution is -0.128. The molecule has 0 bridgehead atoms. The van der Waals surface area contributed by atoms with Crippen LogP contribution in [0.3, 0.4) is 0 Å². The van der Waals surface area contributed by atoms with Crippen molar-refractivity contribution in [1.82, 2.24) is 14.9 Å². The predicted octanol–water partition coefficient (Wildman–Crippen LogP) is 4.99. The van der Waals surface area contributed by atoms with E-state index in [0.29, 0.717) is 29.3 Å². The van der Waals surface area contributed by atoms with E-state index in [1.165, 1.54) is 0 Å². The number of likely N-dealkylation sites (tertiary alicyclic amines) is 1. The fourth-order valence-electron chi connectivity index (χ4n) is 4.44. The molecule has 2 heterocycles. The maximum atomic E-state index is 12.8. The van der Waals surface area contributed by atoms with Gasteiger partial charge in [-0.25, -0.2) is 9.97 Å². The molecule has 0 unspecified atom stereocenters. The molecule has 0 atom stereocenters. The van der Waals surface area contributed by atoms with E-state index < -0.39 is 0 Å². The Morgan fingerprint density at radius 1 is 1.00 bits per heavy atom. The number of hydrogen-bond donors (Lipinski definition) is 1. The zero-order valence-electron chi connectivity index (χ0n) is 20.6. The fourth-order valence-corrected chi connectivity index (χ4v) is 4.62. The third-order valence-electron chi connectivity index (χ3n) is 6.46. The van der Waals surface area contributed by atoms with Crippen LogP contribution in [0.15, 0.2) is 66.7 Å². The van der Waals surface area contributed by atoms with E-state index >= 15 is 0 Å². The third-order valence-corrected chi connectivity index (χ3v) is 6.63. The van der Waals surface area contributed by atoms with E-state index in [9.17, 15) is 9.59 Å². The van der Waals surface area contributed by atoms with Crippen LogP contribution in [0, 0.1) is 6.07 Å². The van der Waals surface area contributed by atoms with Gasteiger partial charge in [-0.15, -0.1) is 0 Å². The number of aromatic nitrogens is 2. The number of nitrogens with zero attached hydrogens (tertiary/aromatic N) is 4. The van der Waals surface area contributed by atoms with Gasteiger partial charge >= 0.3 is 0 Å². The molecule has 0 saturated carbocycles. The molecule has 1 aliphatic rings. The van der Waals surface area contributed by atoms with Crippen molar-refractivity contribution in [2.45, 2.75) is 19.3 Å². The van der Waals surface area contributed by atoms with Crippen LogP contribution in [0.4, 0.5) is 11.5 Å². The highest BCUT2D eigenvalue weighted by Crippen LogP contribution is 2.20. The number of rotatable bonds is 7. The molecule has 37 heavy (non-hydrogen) atoms. The van der Waals surface area contributed by atoms with Crippen molar-refractivity contribution in [3.8, 4) is 0 Å². The summed E-state index contributed by atoms with van der Waals surface area (Å²) in [4.78, 5) is 37.8. The molecule has 8 heteroatoms. The third kappa shape index (κ3) is 6.06. The largest absolute Gasteiger partial charge is 0.350 e. The molecule has 4 aromatic rings. The van der Waals surface area contributed by atoms with Crippen molar-refractivity contribution in [3.63, 3.8) is 0 Å². The minimum atomic E-state index is -0.164. The highest BCUT2D eigenvalue weighted by atomic mass is 35.5. The summed E-state index contributed by atoms with van der Waals surface area (Å²) in [7, 11) is 1.81. The first-order chi connectivity index (χ1) is 17.9. The Labute approximate surface area is 221 Å². The Hall–Kier alpha value is -3.97. The van der Waals surface area contributed by atoms with Crippen LogP contribution in [-0.4, -0.2) is 53.4 Å². The van der Waals surface area contributed by atoms with E-state index in [1.807, 2.05) is 71.6 Å². The monoisotopic (exact) mass is 512 g/mol. The average molecular weight is 513 g/mol. The zero-order valence-corrected chi connectivity index (χ0v) is 21.3. The molecule has 187 valence electrons. The van der Waals surface area contributed by atoms with Crippen LogP contribution in [0.5, 0.6) is 0 Å². The van der Waals surface area contributed by atoms with E-state index in [2.05, 4.69) is 21.4 Å². The molecule has 2 amide bonds. The Morgan fingerprint density at radius 2 is 1.73 bits per heavy atom. The summed E-state index contributed by atoms with van der Waals surface area (Å²) in [5.41, 5.74) is 2.27. The summed E-state index contributed by atoms with van der Waals surface area (Å²) in [5.74, 6) is 0.934. The number of likely N-dealkylation sites (N-methyl/N-ethyl adjacent to an activating group) is 1. The maximum Gasteiger partial charge on any atom is 0.255 e. The summed E-state index contributed by atoms with van der Waals surface area (Å²) >= 11 is 6.22. The molecule has 1 saturated heterocycles. The molecule has 1 radical (unpaired) electrons. The number of amides is 2. The fraction of sp³-hybridized carbons (Fsp3) is 0.241. The highest BCUT2D eigenvalue weighted by Gasteiger charge is 2.20. The van der Waals surface area contributed by atoms with Gasteiger partial charge in [-0.05, 0) is 53.4 Å². The first kappa shape index (κ1) is 24.7.